The number of nitrogens with zero attached hydrogens (tertiary/aromatic N) is 1. The van der Waals surface area contributed by atoms with Crippen molar-refractivity contribution in [1.29, 1.82) is 0 Å². The van der Waals surface area contributed by atoms with Crippen LogP contribution in [0.4, 0.5) is 0 Å². The van der Waals surface area contributed by atoms with Crippen molar-refractivity contribution in [3.63, 3.8) is 0 Å². The van der Waals surface area contributed by atoms with Gasteiger partial charge in [0.05, 0.1) is 4.88 Å². The monoisotopic (exact) mass is 281 g/mol. The number of carbonyl (C=O) groups excluding carboxylic acids is 1. The van der Waals surface area contributed by atoms with Crippen LogP contribution in [0.3, 0.4) is 0 Å². The fourth-order valence-corrected chi connectivity index (χ4v) is 3.49. The number of thiophene rings is 1. The minimum absolute atomic E-state index is 0.115. The highest BCUT2D eigenvalue weighted by Gasteiger charge is 2.28. The summed E-state index contributed by atoms with van der Waals surface area (Å²) in [4.78, 5) is 25.7. The van der Waals surface area contributed by atoms with E-state index in [1.807, 2.05) is 16.3 Å². The van der Waals surface area contributed by atoms with E-state index < -0.39 is 5.97 Å². The van der Waals surface area contributed by atoms with Gasteiger partial charge in [-0.25, -0.2) is 0 Å². The van der Waals surface area contributed by atoms with Crippen LogP contribution in [0, 0.1) is 5.92 Å². The van der Waals surface area contributed by atoms with Gasteiger partial charge >= 0.3 is 5.97 Å². The quantitative estimate of drug-likeness (QED) is 0.902. The maximum Gasteiger partial charge on any atom is 0.303 e. The van der Waals surface area contributed by atoms with E-state index in [1.54, 1.807) is 0 Å². The fraction of sp³-hybridized carbons (Fsp3) is 0.571. The molecule has 1 N–H and O–H groups in total. The molecule has 4 nitrogen and oxygen atoms in total. The Morgan fingerprint density at radius 1 is 1.53 bits per heavy atom. The topological polar surface area (TPSA) is 57.6 Å². The van der Waals surface area contributed by atoms with Crippen molar-refractivity contribution >= 4 is 23.2 Å². The van der Waals surface area contributed by atoms with E-state index in [1.165, 1.54) is 11.3 Å². The van der Waals surface area contributed by atoms with E-state index in [4.69, 9.17) is 5.11 Å². The second kappa shape index (κ2) is 6.19. The first-order chi connectivity index (χ1) is 9.11. The average molecular weight is 281 g/mol. The van der Waals surface area contributed by atoms with Crippen LogP contribution in [-0.2, 0) is 11.2 Å². The lowest BCUT2D eigenvalue weighted by atomic mass is 10.0. The molecule has 1 aliphatic heterocycles. The van der Waals surface area contributed by atoms with Gasteiger partial charge in [-0.1, -0.05) is 6.92 Å². The average Bonchev–Trinajstić information content (AvgIpc) is 3.04. The van der Waals surface area contributed by atoms with Gasteiger partial charge in [0, 0.05) is 19.5 Å². The van der Waals surface area contributed by atoms with Crippen LogP contribution in [-0.4, -0.2) is 35.0 Å². The first kappa shape index (κ1) is 14.1. The number of amides is 1. The van der Waals surface area contributed by atoms with Gasteiger partial charge in [0.2, 0.25) is 0 Å². The SMILES string of the molecule is CCc1ccsc1C(=O)N1CCC(CCC(=O)O)C1. The summed E-state index contributed by atoms with van der Waals surface area (Å²) in [6.45, 7) is 3.51. The molecular weight excluding hydrogens is 262 g/mol. The Balaban J connectivity index is 1.93. The van der Waals surface area contributed by atoms with Crippen LogP contribution in [0.15, 0.2) is 11.4 Å². The molecule has 0 radical (unpaired) electrons. The third kappa shape index (κ3) is 3.35. The Morgan fingerprint density at radius 2 is 2.32 bits per heavy atom. The van der Waals surface area contributed by atoms with E-state index >= 15 is 0 Å². The van der Waals surface area contributed by atoms with E-state index in [2.05, 4.69) is 6.92 Å². The van der Waals surface area contributed by atoms with Crippen molar-refractivity contribution in [3.8, 4) is 0 Å². The van der Waals surface area contributed by atoms with Crippen molar-refractivity contribution < 1.29 is 14.7 Å². The van der Waals surface area contributed by atoms with Crippen LogP contribution in [0.1, 0.15) is 41.4 Å². The zero-order valence-electron chi connectivity index (χ0n) is 11.1. The predicted octanol–water partition coefficient (Wildman–Crippen LogP) is 2.64. The van der Waals surface area contributed by atoms with Gasteiger partial charge in [0.15, 0.2) is 0 Å². The molecule has 1 amide bonds. The maximum absolute atomic E-state index is 12.4. The molecule has 1 fully saturated rings. The predicted molar refractivity (Wildman–Crippen MR) is 74.6 cm³/mol. The highest BCUT2D eigenvalue weighted by molar-refractivity contribution is 7.12. The molecule has 0 aromatic carbocycles. The Labute approximate surface area is 117 Å². The van der Waals surface area contributed by atoms with E-state index in [0.717, 1.165) is 29.8 Å². The fourth-order valence-electron chi connectivity index (χ4n) is 2.53. The number of aliphatic carboxylic acids is 1. The molecule has 1 unspecified atom stereocenters. The van der Waals surface area contributed by atoms with Crippen molar-refractivity contribution in [3.05, 3.63) is 21.9 Å². The van der Waals surface area contributed by atoms with Crippen molar-refractivity contribution in [2.45, 2.75) is 32.6 Å². The Bertz CT molecular complexity index is 469. The maximum atomic E-state index is 12.4. The van der Waals surface area contributed by atoms with Crippen molar-refractivity contribution in [2.24, 2.45) is 5.92 Å². The number of hydrogen-bond donors (Lipinski definition) is 1. The Morgan fingerprint density at radius 3 is 3.00 bits per heavy atom. The third-order valence-electron chi connectivity index (χ3n) is 3.66. The molecule has 0 saturated carbocycles. The lowest BCUT2D eigenvalue weighted by molar-refractivity contribution is -0.137. The zero-order chi connectivity index (χ0) is 13.8. The molecule has 104 valence electrons. The second-order valence-electron chi connectivity index (χ2n) is 4.97. The van der Waals surface area contributed by atoms with Crippen LogP contribution in [0.2, 0.25) is 0 Å². The smallest absolute Gasteiger partial charge is 0.303 e. The summed E-state index contributed by atoms with van der Waals surface area (Å²) in [7, 11) is 0. The normalized spacial score (nSPS) is 18.8. The molecule has 1 aromatic heterocycles. The van der Waals surface area contributed by atoms with Gasteiger partial charge in [0.25, 0.3) is 5.91 Å². The van der Waals surface area contributed by atoms with Crippen LogP contribution < -0.4 is 0 Å². The molecular formula is C14H19NO3S. The number of carboxylic acid groups (broad SMARTS) is 1. The first-order valence-electron chi connectivity index (χ1n) is 6.69. The summed E-state index contributed by atoms with van der Waals surface area (Å²) >= 11 is 1.50. The minimum atomic E-state index is -0.753. The van der Waals surface area contributed by atoms with Gasteiger partial charge in [-0.3, -0.25) is 9.59 Å². The molecule has 2 rings (SSSR count). The van der Waals surface area contributed by atoms with Crippen molar-refractivity contribution in [1.82, 2.24) is 4.90 Å². The summed E-state index contributed by atoms with van der Waals surface area (Å²) in [5.74, 6) is -0.300. The lowest BCUT2D eigenvalue weighted by Gasteiger charge is -2.16. The largest absolute Gasteiger partial charge is 0.481 e. The summed E-state index contributed by atoms with van der Waals surface area (Å²) in [6, 6.07) is 2.01. The molecule has 5 heteroatoms. The van der Waals surface area contributed by atoms with Gasteiger partial charge < -0.3 is 10.0 Å². The molecule has 1 saturated heterocycles. The summed E-state index contributed by atoms with van der Waals surface area (Å²) in [6.07, 6.45) is 2.67. The third-order valence-corrected chi connectivity index (χ3v) is 4.61. The van der Waals surface area contributed by atoms with Gasteiger partial charge in [-0.15, -0.1) is 11.3 Å². The molecule has 0 aliphatic carbocycles. The lowest BCUT2D eigenvalue weighted by Crippen LogP contribution is -2.28. The number of hydrogen-bond acceptors (Lipinski definition) is 3. The number of likely N-dealkylation sites (tertiary alicyclic amines) is 1. The molecule has 1 atom stereocenters. The van der Waals surface area contributed by atoms with E-state index in [-0.39, 0.29) is 12.3 Å². The number of aryl methyl sites for hydroxylation is 1. The summed E-state index contributed by atoms with van der Waals surface area (Å²) in [5.41, 5.74) is 1.11. The molecule has 19 heavy (non-hydrogen) atoms. The van der Waals surface area contributed by atoms with Gasteiger partial charge in [0.1, 0.15) is 0 Å². The number of carboxylic acids is 1. The number of carbonyl (C=O) groups is 2. The second-order valence-corrected chi connectivity index (χ2v) is 5.88. The van der Waals surface area contributed by atoms with Gasteiger partial charge in [-0.05, 0) is 42.2 Å². The van der Waals surface area contributed by atoms with Crippen LogP contribution >= 0.6 is 11.3 Å². The molecule has 1 aliphatic rings. The Hall–Kier alpha value is -1.36. The summed E-state index contributed by atoms with van der Waals surface area (Å²) in [5, 5.41) is 10.7. The first-order valence-corrected chi connectivity index (χ1v) is 7.57. The Kier molecular flexibility index (Phi) is 4.58. The van der Waals surface area contributed by atoms with Crippen LogP contribution in [0.5, 0.6) is 0 Å². The standard InChI is InChI=1S/C14H19NO3S/c1-2-11-6-8-19-13(11)14(18)15-7-5-10(9-15)3-4-12(16)17/h6,8,10H,2-5,7,9H2,1H3,(H,16,17). The highest BCUT2D eigenvalue weighted by Crippen LogP contribution is 2.26. The molecule has 0 spiro atoms. The molecule has 1 aromatic rings. The van der Waals surface area contributed by atoms with E-state index in [9.17, 15) is 9.59 Å². The summed E-state index contributed by atoms with van der Waals surface area (Å²) < 4.78 is 0. The highest BCUT2D eigenvalue weighted by atomic mass is 32.1. The van der Waals surface area contributed by atoms with Gasteiger partial charge in [-0.2, -0.15) is 0 Å². The molecule has 0 bridgehead atoms. The van der Waals surface area contributed by atoms with E-state index in [0.29, 0.717) is 18.9 Å². The zero-order valence-corrected chi connectivity index (χ0v) is 11.9. The minimum Gasteiger partial charge on any atom is -0.481 e. The molecule has 2 heterocycles. The number of rotatable bonds is 5. The van der Waals surface area contributed by atoms with Crippen LogP contribution in [0.25, 0.3) is 0 Å². The van der Waals surface area contributed by atoms with Crippen molar-refractivity contribution in [2.75, 3.05) is 13.1 Å².